The molecule has 2 aromatic rings. The average Bonchev–Trinajstić information content (AvgIpc) is 2.99. The Bertz CT molecular complexity index is 636. The summed E-state index contributed by atoms with van der Waals surface area (Å²) >= 11 is 5.87. The fourth-order valence-corrected chi connectivity index (χ4v) is 3.60. The Labute approximate surface area is 132 Å². The number of hydrogen-bond acceptors (Lipinski definition) is 5. The van der Waals surface area contributed by atoms with E-state index in [0.29, 0.717) is 5.16 Å². The maximum atomic E-state index is 11.3. The van der Waals surface area contributed by atoms with Crippen molar-refractivity contribution < 1.29 is 9.90 Å². The van der Waals surface area contributed by atoms with Crippen LogP contribution in [0.4, 0.5) is 0 Å². The Kier molecular flexibility index (Phi) is 5.38. The normalized spacial score (nSPS) is 11.8. The summed E-state index contributed by atoms with van der Waals surface area (Å²) in [6.07, 6.45) is 3.39. The molecule has 2 aromatic heterocycles. The van der Waals surface area contributed by atoms with Gasteiger partial charge in [-0.05, 0) is 52.3 Å². The molecular weight excluding hydrogens is 362 g/mol. The van der Waals surface area contributed by atoms with Gasteiger partial charge in [0.15, 0.2) is 0 Å². The molecule has 0 aliphatic heterocycles. The number of aryl methyl sites for hydroxylation is 1. The number of carbonyl (C=O) groups is 1. The van der Waals surface area contributed by atoms with Crippen LogP contribution in [0.2, 0.25) is 0 Å². The van der Waals surface area contributed by atoms with E-state index in [4.69, 9.17) is 0 Å². The molecule has 0 amide bonds. The second kappa shape index (κ2) is 7.05. The van der Waals surface area contributed by atoms with Crippen molar-refractivity contribution in [2.45, 2.75) is 24.9 Å². The van der Waals surface area contributed by atoms with Crippen LogP contribution in [0.1, 0.15) is 24.0 Å². The van der Waals surface area contributed by atoms with E-state index in [1.54, 1.807) is 6.08 Å². The Morgan fingerprint density at radius 1 is 1.60 bits per heavy atom. The maximum absolute atomic E-state index is 11.3. The van der Waals surface area contributed by atoms with Crippen LogP contribution in [0.15, 0.2) is 26.0 Å². The van der Waals surface area contributed by atoms with Gasteiger partial charge in [0, 0.05) is 11.3 Å². The van der Waals surface area contributed by atoms with Crippen molar-refractivity contribution in [3.05, 3.63) is 31.5 Å². The lowest BCUT2D eigenvalue weighted by Gasteiger charge is -1.97. The van der Waals surface area contributed by atoms with Crippen molar-refractivity contribution in [3.8, 4) is 0 Å². The monoisotopic (exact) mass is 373 g/mol. The van der Waals surface area contributed by atoms with Crippen LogP contribution in [-0.2, 0) is 11.2 Å². The first kappa shape index (κ1) is 15.3. The number of carboxylic acids is 1. The predicted molar refractivity (Wildman–Crippen MR) is 83.9 cm³/mol. The number of aromatic amines is 1. The van der Waals surface area contributed by atoms with Gasteiger partial charge in [0.1, 0.15) is 10.7 Å². The number of aromatic nitrogens is 3. The summed E-state index contributed by atoms with van der Waals surface area (Å²) < 4.78 is 0.960. The van der Waals surface area contributed by atoms with Gasteiger partial charge < -0.3 is 5.11 Å². The summed E-state index contributed by atoms with van der Waals surface area (Å²) in [6, 6.07) is 3.74. The van der Waals surface area contributed by atoms with Gasteiger partial charge >= 0.3 is 5.97 Å². The van der Waals surface area contributed by atoms with Gasteiger partial charge in [-0.25, -0.2) is 9.78 Å². The van der Waals surface area contributed by atoms with Crippen LogP contribution in [0.3, 0.4) is 0 Å². The molecule has 8 heteroatoms. The number of H-pyrrole nitrogens is 1. The summed E-state index contributed by atoms with van der Waals surface area (Å²) in [5.74, 6) is -0.208. The van der Waals surface area contributed by atoms with E-state index in [0.717, 1.165) is 39.1 Å². The smallest absolute Gasteiger partial charge is 0.342 e. The van der Waals surface area contributed by atoms with Gasteiger partial charge in [0.2, 0.25) is 5.16 Å². The molecule has 0 aliphatic rings. The van der Waals surface area contributed by atoms with Crippen LogP contribution in [0.25, 0.3) is 6.08 Å². The van der Waals surface area contributed by atoms with Crippen molar-refractivity contribution in [3.63, 3.8) is 0 Å². The Hall–Kier alpha value is -1.12. The second-order valence-electron chi connectivity index (χ2n) is 3.87. The second-order valence-corrected chi connectivity index (χ2v) is 7.38. The zero-order valence-electron chi connectivity index (χ0n) is 10.6. The summed E-state index contributed by atoms with van der Waals surface area (Å²) in [5, 5.41) is 16.5. The number of thioether (sulfide) groups is 1. The number of nitrogens with one attached hydrogen (secondary N) is 1. The van der Waals surface area contributed by atoms with Gasteiger partial charge in [0.25, 0.3) is 0 Å². The van der Waals surface area contributed by atoms with Crippen molar-refractivity contribution in [1.29, 1.82) is 0 Å². The highest BCUT2D eigenvalue weighted by molar-refractivity contribution is 9.11. The molecule has 0 bridgehead atoms. The van der Waals surface area contributed by atoms with Crippen LogP contribution in [0, 0.1) is 0 Å². The highest BCUT2D eigenvalue weighted by Crippen LogP contribution is 2.29. The van der Waals surface area contributed by atoms with Gasteiger partial charge in [-0.15, -0.1) is 16.4 Å². The van der Waals surface area contributed by atoms with E-state index in [2.05, 4.69) is 31.1 Å². The van der Waals surface area contributed by atoms with E-state index >= 15 is 0 Å². The first-order valence-electron chi connectivity index (χ1n) is 5.88. The number of aliphatic carboxylic acids is 1. The third-order valence-corrected chi connectivity index (χ3v) is 4.73. The first-order valence-corrected chi connectivity index (χ1v) is 8.30. The molecule has 0 aromatic carbocycles. The van der Waals surface area contributed by atoms with E-state index in [1.165, 1.54) is 11.3 Å². The maximum Gasteiger partial charge on any atom is 0.342 e. The summed E-state index contributed by atoms with van der Waals surface area (Å²) in [6.45, 7) is 2.05. The Morgan fingerprint density at radius 3 is 3.00 bits per heavy atom. The molecule has 0 saturated heterocycles. The molecule has 0 aliphatic carbocycles. The van der Waals surface area contributed by atoms with Crippen LogP contribution < -0.4 is 0 Å². The standard InChI is InChI=1S/C12H12BrN3O2S2/c1-2-3-10-14-12(16-15-10)20-8(11(17)18)6-7-4-5-9(13)19-7/h4-6H,2-3H2,1H3,(H,17,18)(H,14,15,16)/b8-6+. The number of carboxylic acid groups (broad SMARTS) is 1. The highest BCUT2D eigenvalue weighted by atomic mass is 79.9. The first-order chi connectivity index (χ1) is 9.58. The van der Waals surface area contributed by atoms with Crippen molar-refractivity contribution in [1.82, 2.24) is 15.2 Å². The molecule has 0 saturated carbocycles. The molecule has 0 spiro atoms. The van der Waals surface area contributed by atoms with Crippen LogP contribution in [0.5, 0.6) is 0 Å². The zero-order valence-corrected chi connectivity index (χ0v) is 13.8. The topological polar surface area (TPSA) is 78.9 Å². The Morgan fingerprint density at radius 2 is 2.40 bits per heavy atom. The van der Waals surface area contributed by atoms with Crippen LogP contribution >= 0.6 is 39.0 Å². The largest absolute Gasteiger partial charge is 0.477 e. The predicted octanol–water partition coefficient (Wildman–Crippen LogP) is 3.80. The SMILES string of the molecule is CCCc1nc(S/C(=C/c2ccc(Br)s2)C(=O)O)n[nH]1. The minimum atomic E-state index is -0.985. The molecule has 106 valence electrons. The third kappa shape index (κ3) is 4.19. The van der Waals surface area contributed by atoms with Crippen molar-refractivity contribution in [2.75, 3.05) is 0 Å². The van der Waals surface area contributed by atoms with Gasteiger partial charge in [-0.2, -0.15) is 0 Å². The van der Waals surface area contributed by atoms with Gasteiger partial charge in [0.05, 0.1) is 3.79 Å². The molecule has 2 N–H and O–H groups in total. The van der Waals surface area contributed by atoms with E-state index in [1.807, 2.05) is 19.1 Å². The minimum Gasteiger partial charge on any atom is -0.477 e. The average molecular weight is 374 g/mol. The molecule has 0 unspecified atom stereocenters. The van der Waals surface area contributed by atoms with Crippen LogP contribution in [-0.4, -0.2) is 26.3 Å². The van der Waals surface area contributed by atoms with E-state index < -0.39 is 5.97 Å². The number of rotatable bonds is 6. The molecule has 0 radical (unpaired) electrons. The van der Waals surface area contributed by atoms with Crippen molar-refractivity contribution in [2.24, 2.45) is 0 Å². The van der Waals surface area contributed by atoms with Crippen molar-refractivity contribution >= 4 is 51.1 Å². The molecule has 5 nitrogen and oxygen atoms in total. The zero-order chi connectivity index (χ0) is 14.5. The summed E-state index contributed by atoms with van der Waals surface area (Å²) in [4.78, 5) is 16.6. The van der Waals surface area contributed by atoms with E-state index in [9.17, 15) is 9.90 Å². The number of hydrogen-bond donors (Lipinski definition) is 2. The molecule has 0 fully saturated rings. The third-order valence-electron chi connectivity index (χ3n) is 2.28. The van der Waals surface area contributed by atoms with Gasteiger partial charge in [-0.1, -0.05) is 6.92 Å². The number of halogens is 1. The fourth-order valence-electron chi connectivity index (χ4n) is 1.44. The lowest BCUT2D eigenvalue weighted by atomic mass is 10.3. The molecular formula is C12H12BrN3O2S2. The number of nitrogens with zero attached hydrogens (tertiary/aromatic N) is 2. The van der Waals surface area contributed by atoms with E-state index in [-0.39, 0.29) is 4.91 Å². The molecule has 0 atom stereocenters. The van der Waals surface area contributed by atoms with Gasteiger partial charge in [-0.3, -0.25) is 5.10 Å². The summed E-state index contributed by atoms with van der Waals surface area (Å²) in [5.41, 5.74) is 0. The fraction of sp³-hybridized carbons (Fsp3) is 0.250. The molecule has 20 heavy (non-hydrogen) atoms. The highest BCUT2D eigenvalue weighted by Gasteiger charge is 2.14. The minimum absolute atomic E-state index is 0.196. The molecule has 2 rings (SSSR count). The quantitative estimate of drug-likeness (QED) is 0.594. The Balaban J connectivity index is 2.16. The molecule has 2 heterocycles. The summed E-state index contributed by atoms with van der Waals surface area (Å²) in [7, 11) is 0. The number of thiophene rings is 1. The lowest BCUT2D eigenvalue weighted by molar-refractivity contribution is -0.131. The lowest BCUT2D eigenvalue weighted by Crippen LogP contribution is -1.96.